The molecule has 0 bridgehead atoms. The van der Waals surface area contributed by atoms with Crippen molar-refractivity contribution in [3.63, 3.8) is 0 Å². The predicted octanol–water partition coefficient (Wildman–Crippen LogP) is 5.96. The second kappa shape index (κ2) is 14.8. The summed E-state index contributed by atoms with van der Waals surface area (Å²) in [6.07, 6.45) is 1.60. The van der Waals surface area contributed by atoms with Gasteiger partial charge in [0.2, 0.25) is 5.75 Å². The molecule has 260 valence electrons. The maximum atomic E-state index is 14.2. The summed E-state index contributed by atoms with van der Waals surface area (Å²) in [5.74, 6) is 0.115. The molecule has 3 aromatic carbocycles. The van der Waals surface area contributed by atoms with Crippen molar-refractivity contribution in [1.82, 2.24) is 4.57 Å². The molecular weight excluding hydrogens is 808 g/mol. The van der Waals surface area contributed by atoms with Gasteiger partial charge >= 0.3 is 11.7 Å². The second-order valence-corrected chi connectivity index (χ2v) is 13.1. The minimum absolute atomic E-state index is 0.0519. The number of carbonyl (C=O) groups excluding carboxylic acids is 1. The number of halogens is 2. The van der Waals surface area contributed by atoms with Crippen LogP contribution in [-0.4, -0.2) is 48.3 Å². The third-order valence-corrected chi connectivity index (χ3v) is 9.68. The highest BCUT2D eigenvalue weighted by atomic mass is 79.9. The maximum absolute atomic E-state index is 14.2. The zero-order chi connectivity index (χ0) is 36.4. The number of methoxy groups -OCH3 is 3. The third-order valence-electron chi connectivity index (χ3n) is 7.43. The van der Waals surface area contributed by atoms with E-state index in [1.54, 1.807) is 44.2 Å². The Bertz CT molecular complexity index is 2280. The zero-order valence-corrected chi connectivity index (χ0v) is 30.8. The van der Waals surface area contributed by atoms with Crippen molar-refractivity contribution in [3.05, 3.63) is 114 Å². The monoisotopic (exact) mass is 832 g/mol. The molecule has 4 aromatic rings. The van der Waals surface area contributed by atoms with Crippen LogP contribution in [0.25, 0.3) is 6.08 Å². The molecule has 15 nitrogen and oxygen atoms in total. The van der Waals surface area contributed by atoms with E-state index in [1.807, 2.05) is 0 Å². The van der Waals surface area contributed by atoms with Crippen LogP contribution in [0.3, 0.4) is 0 Å². The third kappa shape index (κ3) is 6.86. The number of nitro benzene ring substituents is 2. The van der Waals surface area contributed by atoms with Crippen LogP contribution in [0.5, 0.6) is 28.7 Å². The molecule has 1 aromatic heterocycles. The van der Waals surface area contributed by atoms with Crippen LogP contribution in [0.2, 0.25) is 0 Å². The molecule has 5 rings (SSSR count). The van der Waals surface area contributed by atoms with Gasteiger partial charge in [-0.1, -0.05) is 27.3 Å². The van der Waals surface area contributed by atoms with Crippen molar-refractivity contribution < 1.29 is 38.3 Å². The number of thiazole rings is 1. The van der Waals surface area contributed by atoms with Gasteiger partial charge in [-0.15, -0.1) is 0 Å². The molecule has 0 N–H and O–H groups in total. The largest absolute Gasteiger partial charge is 0.493 e. The van der Waals surface area contributed by atoms with E-state index in [1.165, 1.54) is 25.9 Å². The van der Waals surface area contributed by atoms with Crippen molar-refractivity contribution in [3.8, 4) is 28.7 Å². The predicted molar refractivity (Wildman–Crippen MR) is 188 cm³/mol. The number of allylic oxidation sites excluding steroid dienone is 1. The average molecular weight is 834 g/mol. The number of non-ortho nitro benzene ring substituents is 1. The first kappa shape index (κ1) is 36.2. The van der Waals surface area contributed by atoms with Gasteiger partial charge in [0.15, 0.2) is 27.8 Å². The molecule has 0 saturated carbocycles. The van der Waals surface area contributed by atoms with E-state index in [0.717, 1.165) is 29.5 Å². The number of hydrogen-bond donors (Lipinski definition) is 0. The summed E-state index contributed by atoms with van der Waals surface area (Å²) < 4.78 is 30.2. The Balaban J connectivity index is 1.65. The summed E-state index contributed by atoms with van der Waals surface area (Å²) in [5, 5.41) is 22.8. The van der Waals surface area contributed by atoms with Crippen LogP contribution < -0.4 is 33.8 Å². The Labute approximate surface area is 303 Å². The lowest BCUT2D eigenvalue weighted by molar-refractivity contribution is -0.394. The maximum Gasteiger partial charge on any atom is 0.338 e. The standard InChI is InChI=1S/C32H26Br2N4O11S/c1-6-48-31(40)27-15(2)35-32-36(28(27)18-13-23(45-3)24(46-4)14-19(18)33)30(39)26(50-32)11-16-9-20(34)29(25(10-16)47-5)49-22-8-7-17(37(41)42)12-21(22)38(43)44/h7-14,28H,6H2,1-5H3/b26-11-/t28-/m1/s1. The molecule has 0 amide bonds. The summed E-state index contributed by atoms with van der Waals surface area (Å²) in [6.45, 7) is 3.45. The van der Waals surface area contributed by atoms with E-state index >= 15 is 0 Å². The summed E-state index contributed by atoms with van der Waals surface area (Å²) >= 11 is 8.09. The SMILES string of the molecule is CCOC(=O)C1=C(C)N=c2s/c(=C\c3cc(Br)c(Oc4ccc([N+](=O)[O-])cc4[N+](=O)[O-])c(OC)c3)c(=O)n2[C@@H]1c1cc(OC)c(OC)cc1Br. The summed E-state index contributed by atoms with van der Waals surface area (Å²) in [7, 11) is 4.33. The Kier molecular flexibility index (Phi) is 10.7. The minimum atomic E-state index is -0.948. The Morgan fingerprint density at radius 2 is 1.64 bits per heavy atom. The Morgan fingerprint density at radius 1 is 0.960 bits per heavy atom. The van der Waals surface area contributed by atoms with Gasteiger partial charge < -0.3 is 23.7 Å². The zero-order valence-electron chi connectivity index (χ0n) is 26.8. The molecule has 0 spiro atoms. The number of fused-ring (bicyclic) bond motifs is 1. The van der Waals surface area contributed by atoms with Crippen molar-refractivity contribution in [2.24, 2.45) is 4.99 Å². The van der Waals surface area contributed by atoms with E-state index in [9.17, 15) is 29.8 Å². The Hall–Kier alpha value is -5.07. The molecule has 50 heavy (non-hydrogen) atoms. The van der Waals surface area contributed by atoms with Crippen LogP contribution in [0.4, 0.5) is 11.4 Å². The fourth-order valence-electron chi connectivity index (χ4n) is 5.20. The first-order valence-corrected chi connectivity index (χ1v) is 16.8. The van der Waals surface area contributed by atoms with Crippen molar-refractivity contribution >= 4 is 66.6 Å². The summed E-state index contributed by atoms with van der Waals surface area (Å²) in [6, 6.07) is 8.57. The lowest BCUT2D eigenvalue weighted by Crippen LogP contribution is -2.40. The van der Waals surface area contributed by atoms with E-state index in [4.69, 9.17) is 23.7 Å². The van der Waals surface area contributed by atoms with Crippen LogP contribution >= 0.6 is 43.2 Å². The number of rotatable bonds is 11. The van der Waals surface area contributed by atoms with Crippen molar-refractivity contribution in [2.45, 2.75) is 19.9 Å². The van der Waals surface area contributed by atoms with Crippen LogP contribution in [0.1, 0.15) is 31.0 Å². The van der Waals surface area contributed by atoms with Gasteiger partial charge in [-0.3, -0.25) is 29.6 Å². The molecule has 2 heterocycles. The number of hydrogen-bond acceptors (Lipinski definition) is 13. The Morgan fingerprint density at radius 3 is 2.26 bits per heavy atom. The number of aromatic nitrogens is 1. The molecule has 1 aliphatic heterocycles. The molecule has 1 aliphatic rings. The highest BCUT2D eigenvalue weighted by Crippen LogP contribution is 2.44. The number of carbonyl (C=O) groups is 1. The van der Waals surface area contributed by atoms with Gasteiger partial charge in [0.25, 0.3) is 11.2 Å². The molecule has 0 unspecified atom stereocenters. The minimum Gasteiger partial charge on any atom is -0.493 e. The van der Waals surface area contributed by atoms with Gasteiger partial charge in [-0.2, -0.15) is 0 Å². The molecule has 0 radical (unpaired) electrons. The highest BCUT2D eigenvalue weighted by molar-refractivity contribution is 9.10. The van der Waals surface area contributed by atoms with Gasteiger partial charge in [-0.25, -0.2) is 9.79 Å². The highest BCUT2D eigenvalue weighted by Gasteiger charge is 2.35. The number of nitrogens with zero attached hydrogens (tertiary/aromatic N) is 4. The van der Waals surface area contributed by atoms with Gasteiger partial charge in [0.1, 0.15) is 0 Å². The average Bonchev–Trinajstić information content (AvgIpc) is 3.38. The van der Waals surface area contributed by atoms with Crippen molar-refractivity contribution in [2.75, 3.05) is 27.9 Å². The van der Waals surface area contributed by atoms with E-state index in [-0.39, 0.29) is 34.0 Å². The molecule has 1 atom stereocenters. The van der Waals surface area contributed by atoms with E-state index in [2.05, 4.69) is 36.9 Å². The van der Waals surface area contributed by atoms with Gasteiger partial charge in [0.05, 0.1) is 70.2 Å². The smallest absolute Gasteiger partial charge is 0.338 e. The van der Waals surface area contributed by atoms with Crippen LogP contribution in [0.15, 0.2) is 72.5 Å². The fourth-order valence-corrected chi connectivity index (χ4v) is 7.32. The molecule has 18 heteroatoms. The first-order valence-electron chi connectivity index (χ1n) is 14.4. The number of ether oxygens (including phenoxy) is 5. The number of benzene rings is 3. The number of esters is 1. The number of nitro groups is 2. The first-order chi connectivity index (χ1) is 23.8. The molecule has 0 saturated heterocycles. The quantitative estimate of drug-likeness (QED) is 0.0988. The van der Waals surface area contributed by atoms with Crippen LogP contribution in [0, 0.1) is 20.2 Å². The lowest BCUT2D eigenvalue weighted by Gasteiger charge is -2.26. The molecule has 0 aliphatic carbocycles. The summed E-state index contributed by atoms with van der Waals surface area (Å²) in [5.41, 5.74) is 0.00289. The van der Waals surface area contributed by atoms with E-state index < -0.39 is 38.8 Å². The second-order valence-electron chi connectivity index (χ2n) is 10.3. The molecular formula is C32H26Br2N4O11S. The fraction of sp³-hybridized carbons (Fsp3) is 0.219. The van der Waals surface area contributed by atoms with Crippen molar-refractivity contribution in [1.29, 1.82) is 0 Å². The topological polar surface area (TPSA) is 184 Å². The van der Waals surface area contributed by atoms with Gasteiger partial charge in [-0.05, 0) is 77.3 Å². The summed E-state index contributed by atoms with van der Waals surface area (Å²) in [4.78, 5) is 53.8. The molecule has 0 fully saturated rings. The lowest BCUT2D eigenvalue weighted by atomic mass is 9.95. The van der Waals surface area contributed by atoms with E-state index in [0.29, 0.717) is 42.1 Å². The normalized spacial score (nSPS) is 14.1. The van der Waals surface area contributed by atoms with Crippen LogP contribution in [-0.2, 0) is 9.53 Å². The van der Waals surface area contributed by atoms with Gasteiger partial charge in [0, 0.05) is 10.5 Å².